The maximum absolute atomic E-state index is 5.36. The Morgan fingerprint density at radius 1 is 1.47 bits per heavy atom. The molecule has 3 rings (SSSR count). The third kappa shape index (κ3) is 2.21. The van der Waals surface area contributed by atoms with E-state index in [-0.39, 0.29) is 0 Å². The largest absolute Gasteiger partial charge is 0.379 e. The number of aromatic nitrogens is 2. The van der Waals surface area contributed by atoms with Crippen LogP contribution in [0.5, 0.6) is 0 Å². The lowest BCUT2D eigenvalue weighted by atomic mass is 10.2. The monoisotopic (exact) mass is 207 g/mol. The standard InChI is InChI=1S/C11H17N3O/c1-2-9(1)12-5-10-6-14(8-13-10)11-3-4-15-7-11/h6,8-9,11-12H,1-5,7H2. The van der Waals surface area contributed by atoms with E-state index >= 15 is 0 Å². The number of nitrogens with one attached hydrogen (secondary N) is 1. The second-order valence-corrected chi connectivity index (χ2v) is 4.48. The van der Waals surface area contributed by atoms with Gasteiger partial charge in [0.25, 0.3) is 0 Å². The lowest BCUT2D eigenvalue weighted by molar-refractivity contribution is 0.186. The van der Waals surface area contributed by atoms with Gasteiger partial charge in [-0.3, -0.25) is 0 Å². The van der Waals surface area contributed by atoms with Crippen LogP contribution in [0.3, 0.4) is 0 Å². The van der Waals surface area contributed by atoms with Crippen LogP contribution in [0, 0.1) is 0 Å². The molecule has 1 aliphatic carbocycles. The van der Waals surface area contributed by atoms with E-state index in [2.05, 4.69) is 21.1 Å². The Morgan fingerprint density at radius 2 is 2.40 bits per heavy atom. The van der Waals surface area contributed by atoms with E-state index in [1.165, 1.54) is 12.8 Å². The summed E-state index contributed by atoms with van der Waals surface area (Å²) >= 11 is 0. The van der Waals surface area contributed by atoms with E-state index in [4.69, 9.17) is 4.74 Å². The Hall–Kier alpha value is -0.870. The van der Waals surface area contributed by atoms with E-state index in [0.29, 0.717) is 6.04 Å². The quantitative estimate of drug-likeness (QED) is 0.803. The molecule has 0 spiro atoms. The smallest absolute Gasteiger partial charge is 0.0953 e. The molecule has 2 fully saturated rings. The van der Waals surface area contributed by atoms with Crippen LogP contribution in [0.25, 0.3) is 0 Å². The summed E-state index contributed by atoms with van der Waals surface area (Å²) in [6.07, 6.45) is 7.86. The van der Waals surface area contributed by atoms with E-state index in [1.807, 2.05) is 6.33 Å². The molecule has 0 radical (unpaired) electrons. The van der Waals surface area contributed by atoms with Gasteiger partial charge in [-0.15, -0.1) is 0 Å². The van der Waals surface area contributed by atoms with Crippen LogP contribution in [0.2, 0.25) is 0 Å². The second-order valence-electron chi connectivity index (χ2n) is 4.48. The van der Waals surface area contributed by atoms with Gasteiger partial charge in [0.2, 0.25) is 0 Å². The van der Waals surface area contributed by atoms with Crippen molar-refractivity contribution in [2.24, 2.45) is 0 Å². The van der Waals surface area contributed by atoms with Gasteiger partial charge in [-0.05, 0) is 19.3 Å². The maximum atomic E-state index is 5.36. The highest BCUT2D eigenvalue weighted by Gasteiger charge is 2.21. The minimum atomic E-state index is 0.507. The molecule has 1 atom stereocenters. The van der Waals surface area contributed by atoms with Crippen molar-refractivity contribution in [2.45, 2.75) is 37.9 Å². The van der Waals surface area contributed by atoms with Gasteiger partial charge in [0, 0.05) is 25.4 Å². The summed E-state index contributed by atoms with van der Waals surface area (Å²) in [6.45, 7) is 2.63. The Morgan fingerprint density at radius 3 is 3.13 bits per heavy atom. The summed E-state index contributed by atoms with van der Waals surface area (Å²) < 4.78 is 7.56. The fraction of sp³-hybridized carbons (Fsp3) is 0.727. The lowest BCUT2D eigenvalue weighted by Gasteiger charge is -2.07. The molecule has 1 aromatic heterocycles. The van der Waals surface area contributed by atoms with Crippen molar-refractivity contribution < 1.29 is 4.74 Å². The number of hydrogen-bond acceptors (Lipinski definition) is 3. The van der Waals surface area contributed by atoms with Crippen LogP contribution in [0.1, 0.15) is 31.0 Å². The predicted molar refractivity (Wildman–Crippen MR) is 56.6 cm³/mol. The van der Waals surface area contributed by atoms with Crippen molar-refractivity contribution in [1.82, 2.24) is 14.9 Å². The molecule has 15 heavy (non-hydrogen) atoms. The molecule has 1 aromatic rings. The van der Waals surface area contributed by atoms with Crippen molar-refractivity contribution in [3.63, 3.8) is 0 Å². The topological polar surface area (TPSA) is 39.1 Å². The van der Waals surface area contributed by atoms with Crippen LogP contribution < -0.4 is 5.32 Å². The fourth-order valence-electron chi connectivity index (χ4n) is 1.96. The molecule has 2 aliphatic rings. The summed E-state index contributed by atoms with van der Waals surface area (Å²) in [5.41, 5.74) is 1.15. The number of imidazole rings is 1. The molecule has 1 saturated carbocycles. The highest BCUT2D eigenvalue weighted by Crippen LogP contribution is 2.20. The fourth-order valence-corrected chi connectivity index (χ4v) is 1.96. The third-order valence-electron chi connectivity index (χ3n) is 3.13. The predicted octanol–water partition coefficient (Wildman–Crippen LogP) is 1.10. The van der Waals surface area contributed by atoms with Gasteiger partial charge in [-0.1, -0.05) is 0 Å². The summed E-state index contributed by atoms with van der Waals surface area (Å²) in [4.78, 5) is 4.41. The zero-order valence-corrected chi connectivity index (χ0v) is 8.85. The number of rotatable bonds is 4. The zero-order chi connectivity index (χ0) is 10.1. The van der Waals surface area contributed by atoms with E-state index < -0.39 is 0 Å². The summed E-state index contributed by atoms with van der Waals surface area (Å²) in [7, 11) is 0. The van der Waals surface area contributed by atoms with Gasteiger partial charge in [-0.2, -0.15) is 0 Å². The van der Waals surface area contributed by atoms with Crippen LogP contribution >= 0.6 is 0 Å². The van der Waals surface area contributed by atoms with E-state index in [1.54, 1.807) is 0 Å². The summed E-state index contributed by atoms with van der Waals surface area (Å²) in [5, 5.41) is 3.47. The molecule has 4 heteroatoms. The second kappa shape index (κ2) is 3.94. The maximum Gasteiger partial charge on any atom is 0.0953 e. The normalized spacial score (nSPS) is 26.0. The minimum Gasteiger partial charge on any atom is -0.379 e. The van der Waals surface area contributed by atoms with Gasteiger partial charge in [0.1, 0.15) is 0 Å². The van der Waals surface area contributed by atoms with E-state index in [0.717, 1.165) is 37.9 Å². The number of hydrogen-bond donors (Lipinski definition) is 1. The summed E-state index contributed by atoms with van der Waals surface area (Å²) in [5.74, 6) is 0. The van der Waals surface area contributed by atoms with Crippen molar-refractivity contribution in [3.8, 4) is 0 Å². The number of ether oxygens (including phenoxy) is 1. The molecule has 1 N–H and O–H groups in total. The Balaban J connectivity index is 1.59. The highest BCUT2D eigenvalue weighted by molar-refractivity contribution is 4.99. The highest BCUT2D eigenvalue weighted by atomic mass is 16.5. The minimum absolute atomic E-state index is 0.507. The Labute approximate surface area is 89.6 Å². The third-order valence-corrected chi connectivity index (χ3v) is 3.13. The average molecular weight is 207 g/mol. The molecule has 2 heterocycles. The van der Waals surface area contributed by atoms with Gasteiger partial charge < -0.3 is 14.6 Å². The molecule has 0 bridgehead atoms. The van der Waals surface area contributed by atoms with E-state index in [9.17, 15) is 0 Å². The first-order valence-corrected chi connectivity index (χ1v) is 5.75. The van der Waals surface area contributed by atoms with Crippen molar-refractivity contribution in [3.05, 3.63) is 18.2 Å². The first-order valence-electron chi connectivity index (χ1n) is 5.75. The molecule has 1 unspecified atom stereocenters. The van der Waals surface area contributed by atoms with Gasteiger partial charge in [-0.25, -0.2) is 4.98 Å². The van der Waals surface area contributed by atoms with Crippen molar-refractivity contribution in [2.75, 3.05) is 13.2 Å². The van der Waals surface area contributed by atoms with Gasteiger partial charge in [0.15, 0.2) is 0 Å². The molecule has 1 aliphatic heterocycles. The molecule has 4 nitrogen and oxygen atoms in total. The molecular formula is C11H17N3O. The van der Waals surface area contributed by atoms with Crippen LogP contribution in [0.15, 0.2) is 12.5 Å². The summed E-state index contributed by atoms with van der Waals surface area (Å²) in [6, 6.07) is 1.26. The lowest BCUT2D eigenvalue weighted by Crippen LogP contribution is -2.15. The molecule has 0 amide bonds. The molecule has 0 aromatic carbocycles. The van der Waals surface area contributed by atoms with Crippen LogP contribution in [-0.2, 0) is 11.3 Å². The Kier molecular flexibility index (Phi) is 2.46. The molecule has 82 valence electrons. The average Bonchev–Trinajstić information content (AvgIpc) is 2.78. The van der Waals surface area contributed by atoms with Gasteiger partial charge >= 0.3 is 0 Å². The number of nitrogens with zero attached hydrogens (tertiary/aromatic N) is 2. The van der Waals surface area contributed by atoms with Crippen molar-refractivity contribution >= 4 is 0 Å². The van der Waals surface area contributed by atoms with Gasteiger partial charge in [0.05, 0.1) is 24.7 Å². The van der Waals surface area contributed by atoms with Crippen LogP contribution in [-0.4, -0.2) is 28.8 Å². The first-order chi connectivity index (χ1) is 7.42. The SMILES string of the molecule is c1nc(CNC2CC2)cn1C1CCOC1. The van der Waals surface area contributed by atoms with Crippen LogP contribution in [0.4, 0.5) is 0 Å². The Bertz CT molecular complexity index is 326. The zero-order valence-electron chi connectivity index (χ0n) is 8.85. The first kappa shape index (κ1) is 9.36. The molecule has 1 saturated heterocycles. The van der Waals surface area contributed by atoms with Crippen molar-refractivity contribution in [1.29, 1.82) is 0 Å². The molecular weight excluding hydrogens is 190 g/mol.